The first-order valence-corrected chi connectivity index (χ1v) is 3.62. The maximum absolute atomic E-state index is 5.32. The van der Waals surface area contributed by atoms with E-state index in [1.54, 1.807) is 10.7 Å². The van der Waals surface area contributed by atoms with Gasteiger partial charge in [0.05, 0.1) is 0 Å². The fourth-order valence-corrected chi connectivity index (χ4v) is 0.554. The predicted octanol–water partition coefficient (Wildman–Crippen LogP) is 1.51. The minimum absolute atomic E-state index is 0.590. The number of anilines is 1. The normalized spacial score (nSPS) is 8.30. The molecule has 1 rings (SSSR count). The second kappa shape index (κ2) is 4.85. The highest BCUT2D eigenvalue weighted by Gasteiger charge is 1.86. The van der Waals surface area contributed by atoms with E-state index in [0.717, 1.165) is 6.54 Å². The number of aromatic nitrogens is 2. The molecule has 0 fully saturated rings. The summed E-state index contributed by atoms with van der Waals surface area (Å²) in [5.41, 5.74) is 5.32. The summed E-state index contributed by atoms with van der Waals surface area (Å²) in [6.07, 6.45) is 1.86. The number of nitrogens with zero attached hydrogens (tertiary/aromatic N) is 2. The summed E-state index contributed by atoms with van der Waals surface area (Å²) in [5.74, 6) is 0.590. The van der Waals surface area contributed by atoms with E-state index >= 15 is 0 Å². The highest BCUT2D eigenvalue weighted by Crippen LogP contribution is 1.93. The molecule has 0 unspecified atom stereocenters. The van der Waals surface area contributed by atoms with E-state index < -0.39 is 0 Å². The van der Waals surface area contributed by atoms with E-state index in [1.165, 1.54) is 0 Å². The second-order valence-corrected chi connectivity index (χ2v) is 1.60. The molecule has 0 saturated heterocycles. The molecule has 0 aliphatic heterocycles. The number of nitrogen functional groups attached to an aromatic ring is 1. The van der Waals surface area contributed by atoms with E-state index in [1.807, 2.05) is 27.0 Å². The molecular weight excluding hydrogens is 126 g/mol. The van der Waals surface area contributed by atoms with Crippen LogP contribution < -0.4 is 5.73 Å². The van der Waals surface area contributed by atoms with E-state index in [2.05, 4.69) is 5.10 Å². The molecule has 0 aromatic carbocycles. The van der Waals surface area contributed by atoms with Crippen molar-refractivity contribution in [2.45, 2.75) is 27.3 Å². The van der Waals surface area contributed by atoms with Gasteiger partial charge in [0.1, 0.15) is 5.82 Å². The maximum atomic E-state index is 5.32. The molecule has 10 heavy (non-hydrogen) atoms. The molecule has 0 bridgehead atoms. The van der Waals surface area contributed by atoms with Crippen LogP contribution in [0.15, 0.2) is 12.3 Å². The maximum Gasteiger partial charge on any atom is 0.145 e. The Morgan fingerprint density at radius 2 is 2.20 bits per heavy atom. The number of rotatable bonds is 1. The van der Waals surface area contributed by atoms with Gasteiger partial charge in [-0.2, -0.15) is 5.10 Å². The van der Waals surface area contributed by atoms with Crippen LogP contribution in [0.1, 0.15) is 20.8 Å². The van der Waals surface area contributed by atoms with Crippen molar-refractivity contribution < 1.29 is 0 Å². The van der Waals surface area contributed by atoms with Gasteiger partial charge in [0.25, 0.3) is 0 Å². The summed E-state index contributed by atoms with van der Waals surface area (Å²) < 4.78 is 1.79. The lowest BCUT2D eigenvalue weighted by atomic mass is 10.7. The van der Waals surface area contributed by atoms with Gasteiger partial charge >= 0.3 is 0 Å². The molecule has 0 spiro atoms. The highest BCUT2D eigenvalue weighted by molar-refractivity contribution is 5.23. The van der Waals surface area contributed by atoms with Crippen molar-refractivity contribution in [3.05, 3.63) is 12.3 Å². The average Bonchev–Trinajstić information content (AvgIpc) is 2.40. The summed E-state index contributed by atoms with van der Waals surface area (Å²) in [6, 6.07) is 1.78. The first-order chi connectivity index (χ1) is 4.83. The van der Waals surface area contributed by atoms with Gasteiger partial charge in [-0.05, 0) is 13.0 Å². The molecule has 2 N–H and O–H groups in total. The molecule has 1 aromatic rings. The van der Waals surface area contributed by atoms with Crippen LogP contribution in [0.5, 0.6) is 0 Å². The molecular formula is C7H15N3. The zero-order valence-corrected chi connectivity index (χ0v) is 6.83. The van der Waals surface area contributed by atoms with E-state index in [0.29, 0.717) is 5.82 Å². The fourth-order valence-electron chi connectivity index (χ4n) is 0.554. The summed E-state index contributed by atoms with van der Waals surface area (Å²) in [6.45, 7) is 6.91. The van der Waals surface area contributed by atoms with Crippen molar-refractivity contribution >= 4 is 5.82 Å². The summed E-state index contributed by atoms with van der Waals surface area (Å²) in [7, 11) is 0. The van der Waals surface area contributed by atoms with Gasteiger partial charge in [-0.3, -0.25) is 4.68 Å². The monoisotopic (exact) mass is 141 g/mol. The summed E-state index contributed by atoms with van der Waals surface area (Å²) >= 11 is 0. The first kappa shape index (κ1) is 9.01. The third kappa shape index (κ3) is 2.53. The Bertz CT molecular complexity index is 169. The molecule has 1 aromatic heterocycles. The lowest BCUT2D eigenvalue weighted by Crippen LogP contribution is -1.95. The van der Waals surface area contributed by atoms with Crippen LogP contribution in [0.2, 0.25) is 0 Å². The average molecular weight is 141 g/mol. The number of nitrogens with two attached hydrogens (primary N) is 1. The molecule has 0 atom stereocenters. The minimum Gasteiger partial charge on any atom is -0.382 e. The van der Waals surface area contributed by atoms with E-state index in [4.69, 9.17) is 5.73 Å². The van der Waals surface area contributed by atoms with Gasteiger partial charge in [-0.1, -0.05) is 13.8 Å². The quantitative estimate of drug-likeness (QED) is 0.644. The fraction of sp³-hybridized carbons (Fsp3) is 0.571. The molecule has 0 aliphatic carbocycles. The third-order valence-corrected chi connectivity index (χ3v) is 0.985. The second-order valence-electron chi connectivity index (χ2n) is 1.60. The third-order valence-electron chi connectivity index (χ3n) is 0.985. The lowest BCUT2D eigenvalue weighted by molar-refractivity contribution is 0.663. The Kier molecular flexibility index (Phi) is 4.37. The topological polar surface area (TPSA) is 43.8 Å². The Hall–Kier alpha value is -0.990. The molecule has 1 heterocycles. The van der Waals surface area contributed by atoms with Crippen LogP contribution in [-0.2, 0) is 6.54 Å². The molecule has 0 amide bonds. The van der Waals surface area contributed by atoms with Crippen LogP contribution in [-0.4, -0.2) is 9.78 Å². The zero-order valence-electron chi connectivity index (χ0n) is 6.83. The van der Waals surface area contributed by atoms with Crippen molar-refractivity contribution in [1.29, 1.82) is 0 Å². The smallest absolute Gasteiger partial charge is 0.145 e. The van der Waals surface area contributed by atoms with Gasteiger partial charge in [0, 0.05) is 12.7 Å². The van der Waals surface area contributed by atoms with Gasteiger partial charge in [0.2, 0.25) is 0 Å². The molecule has 3 nitrogen and oxygen atoms in total. The highest BCUT2D eigenvalue weighted by atomic mass is 15.3. The molecule has 0 aliphatic rings. The minimum atomic E-state index is 0.590. The van der Waals surface area contributed by atoms with Gasteiger partial charge in [-0.25, -0.2) is 0 Å². The predicted molar refractivity (Wildman–Crippen MR) is 43.7 cm³/mol. The Morgan fingerprint density at radius 1 is 1.60 bits per heavy atom. The van der Waals surface area contributed by atoms with Crippen molar-refractivity contribution in [2.75, 3.05) is 5.73 Å². The standard InChI is InChI=1S/C5H9N3.C2H6/c1-2-8-4-3-5(6)7-8;1-2/h3-4H,2H2,1H3,(H2,6,7);1-2H3. The molecule has 0 radical (unpaired) electrons. The van der Waals surface area contributed by atoms with Gasteiger partial charge < -0.3 is 5.73 Å². The Morgan fingerprint density at radius 3 is 2.40 bits per heavy atom. The number of aryl methyl sites for hydroxylation is 1. The Balaban J connectivity index is 0.000000371. The summed E-state index contributed by atoms with van der Waals surface area (Å²) in [4.78, 5) is 0. The zero-order chi connectivity index (χ0) is 7.98. The molecule has 58 valence electrons. The van der Waals surface area contributed by atoms with E-state index in [9.17, 15) is 0 Å². The molecule has 3 heteroatoms. The van der Waals surface area contributed by atoms with Crippen LogP contribution >= 0.6 is 0 Å². The Labute approximate surface area is 61.8 Å². The lowest BCUT2D eigenvalue weighted by Gasteiger charge is -1.88. The van der Waals surface area contributed by atoms with Gasteiger partial charge in [-0.15, -0.1) is 0 Å². The van der Waals surface area contributed by atoms with Crippen LogP contribution in [0.25, 0.3) is 0 Å². The van der Waals surface area contributed by atoms with Crippen LogP contribution in [0.4, 0.5) is 5.82 Å². The van der Waals surface area contributed by atoms with Crippen LogP contribution in [0, 0.1) is 0 Å². The van der Waals surface area contributed by atoms with Gasteiger partial charge in [0.15, 0.2) is 0 Å². The van der Waals surface area contributed by atoms with Crippen molar-refractivity contribution in [3.63, 3.8) is 0 Å². The number of hydrogen-bond acceptors (Lipinski definition) is 2. The molecule has 0 saturated carbocycles. The summed E-state index contributed by atoms with van der Waals surface area (Å²) in [5, 5.41) is 3.92. The van der Waals surface area contributed by atoms with E-state index in [-0.39, 0.29) is 0 Å². The van der Waals surface area contributed by atoms with Crippen molar-refractivity contribution in [1.82, 2.24) is 9.78 Å². The number of hydrogen-bond donors (Lipinski definition) is 1. The van der Waals surface area contributed by atoms with Crippen molar-refractivity contribution in [2.24, 2.45) is 0 Å². The largest absolute Gasteiger partial charge is 0.382 e. The van der Waals surface area contributed by atoms with Crippen molar-refractivity contribution in [3.8, 4) is 0 Å². The first-order valence-electron chi connectivity index (χ1n) is 3.62. The van der Waals surface area contributed by atoms with Crippen LogP contribution in [0.3, 0.4) is 0 Å². The SMILES string of the molecule is CC.CCn1ccc(N)n1.